The van der Waals surface area contributed by atoms with Crippen LogP contribution in [0.1, 0.15) is 42.5 Å². The zero-order chi connectivity index (χ0) is 14.5. The number of aliphatic hydroxyl groups excluding tert-OH is 1. The Morgan fingerprint density at radius 1 is 1.30 bits per heavy atom. The van der Waals surface area contributed by atoms with Gasteiger partial charge < -0.3 is 20.8 Å². The molecule has 0 radical (unpaired) electrons. The van der Waals surface area contributed by atoms with Gasteiger partial charge >= 0.3 is 5.97 Å². The van der Waals surface area contributed by atoms with Crippen molar-refractivity contribution in [3.63, 3.8) is 0 Å². The molecule has 0 unspecified atom stereocenters. The van der Waals surface area contributed by atoms with E-state index < -0.39 is 5.97 Å². The summed E-state index contributed by atoms with van der Waals surface area (Å²) in [6, 6.07) is 5.46. The molecule has 1 aromatic rings. The quantitative estimate of drug-likeness (QED) is 0.718. The highest BCUT2D eigenvalue weighted by Gasteiger charge is 2.22. The van der Waals surface area contributed by atoms with Crippen LogP contribution in [0.4, 0.5) is 11.4 Å². The zero-order valence-electron chi connectivity index (χ0n) is 11.6. The first-order valence-corrected chi connectivity index (χ1v) is 7.14. The predicted molar refractivity (Wildman–Crippen MR) is 79.1 cm³/mol. The normalized spacial score (nSPS) is 16.1. The van der Waals surface area contributed by atoms with Gasteiger partial charge in [-0.1, -0.05) is 19.3 Å². The van der Waals surface area contributed by atoms with E-state index in [-0.39, 0.29) is 17.9 Å². The van der Waals surface area contributed by atoms with Crippen LogP contribution in [0.2, 0.25) is 0 Å². The van der Waals surface area contributed by atoms with Crippen molar-refractivity contribution in [1.29, 1.82) is 0 Å². The molecule has 0 bridgehead atoms. The van der Waals surface area contributed by atoms with Gasteiger partial charge in [0, 0.05) is 24.0 Å². The topological polar surface area (TPSA) is 86.8 Å². The Labute approximate surface area is 119 Å². The predicted octanol–water partition coefficient (Wildman–Crippen LogP) is 2.10. The van der Waals surface area contributed by atoms with Gasteiger partial charge in [-0.15, -0.1) is 0 Å². The number of carboxylic acid groups (broad SMARTS) is 1. The molecule has 0 aliphatic heterocycles. The van der Waals surface area contributed by atoms with Crippen LogP contribution in [-0.4, -0.2) is 35.4 Å². The number of hydrogen-bond donors (Lipinski definition) is 3. The molecule has 1 aliphatic rings. The van der Waals surface area contributed by atoms with Crippen molar-refractivity contribution in [3.8, 4) is 0 Å². The van der Waals surface area contributed by atoms with Crippen molar-refractivity contribution in [1.82, 2.24) is 0 Å². The molecule has 110 valence electrons. The SMILES string of the molecule is Nc1ccc(N(CCO)C2CCCCC2)cc1C(=O)O. The molecule has 0 saturated heterocycles. The number of benzene rings is 1. The Bertz CT molecular complexity index is 470. The first-order chi connectivity index (χ1) is 9.63. The second-order valence-corrected chi connectivity index (χ2v) is 5.29. The standard InChI is InChI=1S/C15H22N2O3/c16-14-7-6-12(10-13(14)15(19)20)17(8-9-18)11-4-2-1-3-5-11/h6-7,10-11,18H,1-5,8-9,16H2,(H,19,20). The van der Waals surface area contributed by atoms with Gasteiger partial charge in [-0.2, -0.15) is 0 Å². The first kappa shape index (κ1) is 14.7. The lowest BCUT2D eigenvalue weighted by Crippen LogP contribution is -2.39. The van der Waals surface area contributed by atoms with Crippen molar-refractivity contribution in [2.24, 2.45) is 0 Å². The minimum Gasteiger partial charge on any atom is -0.478 e. The Hall–Kier alpha value is -1.75. The summed E-state index contributed by atoms with van der Waals surface area (Å²) >= 11 is 0. The molecule has 1 fully saturated rings. The van der Waals surface area contributed by atoms with Gasteiger partial charge in [-0.25, -0.2) is 4.79 Å². The number of rotatable bonds is 5. The van der Waals surface area contributed by atoms with E-state index in [2.05, 4.69) is 4.90 Å². The van der Waals surface area contributed by atoms with E-state index in [1.54, 1.807) is 12.1 Å². The highest BCUT2D eigenvalue weighted by molar-refractivity contribution is 5.94. The van der Waals surface area contributed by atoms with Gasteiger partial charge in [-0.05, 0) is 31.0 Å². The van der Waals surface area contributed by atoms with Crippen LogP contribution >= 0.6 is 0 Å². The van der Waals surface area contributed by atoms with Crippen molar-refractivity contribution in [2.75, 3.05) is 23.8 Å². The van der Waals surface area contributed by atoms with E-state index in [0.29, 0.717) is 12.6 Å². The second kappa shape index (κ2) is 6.61. The lowest BCUT2D eigenvalue weighted by atomic mass is 9.93. The number of nitrogen functional groups attached to an aromatic ring is 1. The number of aliphatic hydroxyl groups is 1. The van der Waals surface area contributed by atoms with Crippen molar-refractivity contribution < 1.29 is 15.0 Å². The maximum absolute atomic E-state index is 11.2. The van der Waals surface area contributed by atoms with E-state index in [9.17, 15) is 9.90 Å². The summed E-state index contributed by atoms with van der Waals surface area (Å²) in [5.41, 5.74) is 6.92. The Kier molecular flexibility index (Phi) is 4.84. The average molecular weight is 278 g/mol. The molecule has 0 aromatic heterocycles. The van der Waals surface area contributed by atoms with Crippen LogP contribution < -0.4 is 10.6 Å². The Morgan fingerprint density at radius 3 is 2.60 bits per heavy atom. The fraction of sp³-hybridized carbons (Fsp3) is 0.533. The van der Waals surface area contributed by atoms with E-state index in [1.807, 2.05) is 6.07 Å². The second-order valence-electron chi connectivity index (χ2n) is 5.29. The highest BCUT2D eigenvalue weighted by atomic mass is 16.4. The third-order valence-corrected chi connectivity index (χ3v) is 3.96. The van der Waals surface area contributed by atoms with Crippen molar-refractivity contribution >= 4 is 17.3 Å². The van der Waals surface area contributed by atoms with E-state index in [1.165, 1.54) is 19.3 Å². The van der Waals surface area contributed by atoms with Crippen molar-refractivity contribution in [3.05, 3.63) is 23.8 Å². The minimum atomic E-state index is -1.02. The van der Waals surface area contributed by atoms with E-state index in [4.69, 9.17) is 10.8 Å². The molecular weight excluding hydrogens is 256 g/mol. The first-order valence-electron chi connectivity index (χ1n) is 7.14. The fourth-order valence-electron chi connectivity index (χ4n) is 2.93. The van der Waals surface area contributed by atoms with Gasteiger partial charge in [0.2, 0.25) is 0 Å². The Morgan fingerprint density at radius 2 is 2.00 bits per heavy atom. The van der Waals surface area contributed by atoms with Crippen LogP contribution in [0.15, 0.2) is 18.2 Å². The summed E-state index contributed by atoms with van der Waals surface area (Å²) in [5.74, 6) is -1.02. The largest absolute Gasteiger partial charge is 0.478 e. The molecule has 0 amide bonds. The fourth-order valence-corrected chi connectivity index (χ4v) is 2.93. The average Bonchev–Trinajstić information content (AvgIpc) is 2.46. The van der Waals surface area contributed by atoms with Gasteiger partial charge in [0.05, 0.1) is 12.2 Å². The minimum absolute atomic E-state index is 0.0588. The summed E-state index contributed by atoms with van der Waals surface area (Å²) < 4.78 is 0. The lowest BCUT2D eigenvalue weighted by molar-refractivity contribution is 0.0698. The smallest absolute Gasteiger partial charge is 0.337 e. The molecule has 0 atom stereocenters. The van der Waals surface area contributed by atoms with Crippen molar-refractivity contribution in [2.45, 2.75) is 38.1 Å². The summed E-state index contributed by atoms with van der Waals surface area (Å²) in [4.78, 5) is 13.3. The van der Waals surface area contributed by atoms with Crippen LogP contribution in [0.5, 0.6) is 0 Å². The molecule has 0 spiro atoms. The molecule has 4 N–H and O–H groups in total. The maximum Gasteiger partial charge on any atom is 0.337 e. The summed E-state index contributed by atoms with van der Waals surface area (Å²) in [6.07, 6.45) is 5.81. The number of aromatic carboxylic acids is 1. The summed E-state index contributed by atoms with van der Waals surface area (Å²) in [6.45, 7) is 0.580. The van der Waals surface area contributed by atoms with Crippen LogP contribution in [0.25, 0.3) is 0 Å². The van der Waals surface area contributed by atoms with Gasteiger partial charge in [0.25, 0.3) is 0 Å². The number of carboxylic acids is 1. The summed E-state index contributed by atoms with van der Waals surface area (Å²) in [7, 11) is 0. The van der Waals surface area contributed by atoms with Crippen LogP contribution in [0.3, 0.4) is 0 Å². The van der Waals surface area contributed by atoms with E-state index in [0.717, 1.165) is 18.5 Å². The molecule has 1 aliphatic carbocycles. The number of carbonyl (C=O) groups is 1. The molecule has 5 heteroatoms. The molecule has 1 saturated carbocycles. The van der Waals surface area contributed by atoms with Gasteiger partial charge in [0.1, 0.15) is 0 Å². The third kappa shape index (κ3) is 3.22. The number of nitrogens with two attached hydrogens (primary N) is 1. The number of hydrogen-bond acceptors (Lipinski definition) is 4. The van der Waals surface area contributed by atoms with E-state index >= 15 is 0 Å². The van der Waals surface area contributed by atoms with Gasteiger partial charge in [-0.3, -0.25) is 0 Å². The molecule has 2 rings (SSSR count). The van der Waals surface area contributed by atoms with Gasteiger partial charge in [0.15, 0.2) is 0 Å². The number of anilines is 2. The summed E-state index contributed by atoms with van der Waals surface area (Å²) in [5, 5.41) is 18.4. The molecule has 20 heavy (non-hydrogen) atoms. The third-order valence-electron chi connectivity index (χ3n) is 3.96. The molecule has 5 nitrogen and oxygen atoms in total. The van der Waals surface area contributed by atoms with Crippen LogP contribution in [0, 0.1) is 0 Å². The highest BCUT2D eigenvalue weighted by Crippen LogP contribution is 2.29. The zero-order valence-corrected chi connectivity index (χ0v) is 11.6. The molecule has 1 aromatic carbocycles. The molecular formula is C15H22N2O3. The number of nitrogens with zero attached hydrogens (tertiary/aromatic N) is 1. The molecule has 0 heterocycles. The van der Waals surface area contributed by atoms with Crippen LogP contribution in [-0.2, 0) is 0 Å². The lowest BCUT2D eigenvalue weighted by Gasteiger charge is -2.36. The Balaban J connectivity index is 2.28. The maximum atomic E-state index is 11.2. The monoisotopic (exact) mass is 278 g/mol.